The van der Waals surface area contributed by atoms with Crippen LogP contribution >= 0.6 is 11.8 Å². The predicted molar refractivity (Wildman–Crippen MR) is 115 cm³/mol. The summed E-state index contributed by atoms with van der Waals surface area (Å²) >= 11 is 1.56. The summed E-state index contributed by atoms with van der Waals surface area (Å²) < 4.78 is 7.12. The van der Waals surface area contributed by atoms with Gasteiger partial charge in [0.1, 0.15) is 5.75 Å². The van der Waals surface area contributed by atoms with Crippen LogP contribution in [0.25, 0.3) is 5.78 Å². The fraction of sp³-hybridized carbons (Fsp3) is 0.217. The van der Waals surface area contributed by atoms with Crippen molar-refractivity contribution in [1.82, 2.24) is 19.6 Å². The first-order valence-corrected chi connectivity index (χ1v) is 10.8. The lowest BCUT2D eigenvalue weighted by molar-refractivity contribution is 0.0962. The molecule has 0 fully saturated rings. The van der Waals surface area contributed by atoms with Gasteiger partial charge in [0.2, 0.25) is 5.16 Å². The number of nitrogens with zero attached hydrogens (tertiary/aromatic N) is 4. The molecule has 0 N–H and O–H groups in total. The van der Waals surface area contributed by atoms with Crippen molar-refractivity contribution in [1.29, 1.82) is 0 Å². The number of hydrogen-bond donors (Lipinski definition) is 0. The van der Waals surface area contributed by atoms with E-state index in [2.05, 4.69) is 27.2 Å². The van der Waals surface area contributed by atoms with Gasteiger partial charge >= 0.3 is 0 Å². The summed E-state index contributed by atoms with van der Waals surface area (Å²) in [6, 6.07) is 18.1. The van der Waals surface area contributed by atoms with Gasteiger partial charge in [-0.15, -0.1) is 5.10 Å². The minimum Gasteiger partial charge on any atom is -0.496 e. The summed E-state index contributed by atoms with van der Waals surface area (Å²) in [5, 5.41) is 5.16. The van der Waals surface area contributed by atoms with Gasteiger partial charge in [0, 0.05) is 24.3 Å². The molecule has 5 rings (SSSR count). The molecular weight excluding hydrogens is 396 g/mol. The van der Waals surface area contributed by atoms with Crippen LogP contribution in [0.15, 0.2) is 66.0 Å². The number of carbonyl (C=O) groups excluding carboxylic acids is 1. The van der Waals surface area contributed by atoms with E-state index >= 15 is 0 Å². The van der Waals surface area contributed by atoms with Crippen molar-refractivity contribution < 1.29 is 9.53 Å². The molecule has 1 unspecified atom stereocenters. The third-order valence-electron chi connectivity index (χ3n) is 5.35. The normalized spacial score (nSPS) is 15.9. The van der Waals surface area contributed by atoms with Crippen molar-refractivity contribution in [3.05, 3.63) is 83.2 Å². The first-order chi connectivity index (χ1) is 14.7. The zero-order chi connectivity index (χ0) is 20.5. The lowest BCUT2D eigenvalue weighted by atomic mass is 9.82. The standard InChI is InChI=1S/C23H20N4O2S/c1-29-21-10-6-5-9-17(21)16-11-19-18(20(28)12-16)13-27-22(24-19)25-23(26-27)30-14-15-7-3-2-4-8-15/h2-10,13,16H,11-12,14H2,1H3. The van der Waals surface area contributed by atoms with Crippen molar-refractivity contribution in [3.8, 4) is 5.75 Å². The van der Waals surface area contributed by atoms with E-state index in [0.717, 1.165) is 22.8 Å². The van der Waals surface area contributed by atoms with Crippen molar-refractivity contribution in [2.24, 2.45) is 0 Å². The Kier molecular flexibility index (Phi) is 4.96. The maximum Gasteiger partial charge on any atom is 0.253 e. The number of aromatic nitrogens is 4. The van der Waals surface area contributed by atoms with Crippen LogP contribution in [0.1, 0.15) is 39.5 Å². The summed E-state index contributed by atoms with van der Waals surface area (Å²) in [5.74, 6) is 2.24. The molecule has 0 spiro atoms. The maximum atomic E-state index is 12.9. The number of thioether (sulfide) groups is 1. The van der Waals surface area contributed by atoms with Crippen LogP contribution in [0.5, 0.6) is 5.75 Å². The van der Waals surface area contributed by atoms with Crippen molar-refractivity contribution in [2.45, 2.75) is 29.7 Å². The van der Waals surface area contributed by atoms with Crippen LogP contribution in [0, 0.1) is 0 Å². The van der Waals surface area contributed by atoms with E-state index in [4.69, 9.17) is 4.74 Å². The highest BCUT2D eigenvalue weighted by Gasteiger charge is 2.30. The number of rotatable bonds is 5. The zero-order valence-electron chi connectivity index (χ0n) is 16.5. The lowest BCUT2D eigenvalue weighted by Gasteiger charge is -2.24. The summed E-state index contributed by atoms with van der Waals surface area (Å²) in [6.07, 6.45) is 2.89. The van der Waals surface area contributed by atoms with Crippen molar-refractivity contribution >= 4 is 23.3 Å². The summed E-state index contributed by atoms with van der Waals surface area (Å²) in [6.45, 7) is 0. The SMILES string of the molecule is COc1ccccc1C1CC(=O)c2cn3nc(SCc4ccccc4)nc3nc2C1. The number of benzene rings is 2. The smallest absolute Gasteiger partial charge is 0.253 e. The molecule has 1 aliphatic carbocycles. The average Bonchev–Trinajstić information content (AvgIpc) is 3.19. The number of ketones is 1. The number of para-hydroxylation sites is 1. The largest absolute Gasteiger partial charge is 0.496 e. The Balaban J connectivity index is 1.43. The van der Waals surface area contributed by atoms with Gasteiger partial charge in [-0.1, -0.05) is 60.3 Å². The fourth-order valence-corrected chi connectivity index (χ4v) is 4.65. The summed E-state index contributed by atoms with van der Waals surface area (Å²) in [5.41, 5.74) is 3.67. The maximum absolute atomic E-state index is 12.9. The van der Waals surface area contributed by atoms with Gasteiger partial charge in [-0.3, -0.25) is 4.79 Å². The highest BCUT2D eigenvalue weighted by molar-refractivity contribution is 7.98. The molecule has 0 amide bonds. The third kappa shape index (κ3) is 3.57. The molecule has 150 valence electrons. The molecule has 2 aromatic heterocycles. The van der Waals surface area contributed by atoms with E-state index in [1.165, 1.54) is 5.56 Å². The second-order valence-corrected chi connectivity index (χ2v) is 8.23. The minimum absolute atomic E-state index is 0.0472. The number of hydrogen-bond acceptors (Lipinski definition) is 6. The monoisotopic (exact) mass is 416 g/mol. The molecule has 30 heavy (non-hydrogen) atoms. The molecule has 6 nitrogen and oxygen atoms in total. The number of Topliss-reactive ketones (excluding diaryl/α,β-unsaturated/α-hetero) is 1. The van der Waals surface area contributed by atoms with Crippen molar-refractivity contribution in [2.75, 3.05) is 7.11 Å². The molecule has 1 aliphatic rings. The Morgan fingerprint density at radius 3 is 2.70 bits per heavy atom. The van der Waals surface area contributed by atoms with Gasteiger partial charge in [0.25, 0.3) is 5.78 Å². The summed E-state index contributed by atoms with van der Waals surface area (Å²) in [4.78, 5) is 22.1. The average molecular weight is 417 g/mol. The predicted octanol–water partition coefficient (Wildman–Crippen LogP) is 4.34. The topological polar surface area (TPSA) is 69.4 Å². The number of ether oxygens (including phenoxy) is 1. The van der Waals surface area contributed by atoms with Crippen LogP contribution < -0.4 is 4.74 Å². The Labute approximate surface area is 178 Å². The molecule has 2 heterocycles. The van der Waals surface area contributed by atoms with E-state index in [1.807, 2.05) is 42.5 Å². The Morgan fingerprint density at radius 1 is 1.07 bits per heavy atom. The Morgan fingerprint density at radius 2 is 1.87 bits per heavy atom. The highest BCUT2D eigenvalue weighted by atomic mass is 32.2. The van der Waals surface area contributed by atoms with Gasteiger partial charge < -0.3 is 4.74 Å². The molecular formula is C23H20N4O2S. The highest BCUT2D eigenvalue weighted by Crippen LogP contribution is 2.36. The molecule has 0 bridgehead atoms. The molecule has 4 aromatic rings. The number of methoxy groups -OCH3 is 1. The number of fused-ring (bicyclic) bond motifs is 2. The van der Waals surface area contributed by atoms with Gasteiger partial charge in [0.15, 0.2) is 5.78 Å². The van der Waals surface area contributed by atoms with E-state index in [-0.39, 0.29) is 11.7 Å². The molecule has 0 radical (unpaired) electrons. The zero-order valence-corrected chi connectivity index (χ0v) is 17.3. The van der Waals surface area contributed by atoms with Crippen LogP contribution in [0.3, 0.4) is 0 Å². The van der Waals surface area contributed by atoms with Crippen molar-refractivity contribution in [3.63, 3.8) is 0 Å². The van der Waals surface area contributed by atoms with E-state index < -0.39 is 0 Å². The first kappa shape index (κ1) is 18.8. The van der Waals surface area contributed by atoms with Crippen LogP contribution in [0.4, 0.5) is 0 Å². The fourth-order valence-electron chi connectivity index (χ4n) is 3.87. The van der Waals surface area contributed by atoms with E-state index in [9.17, 15) is 4.79 Å². The van der Waals surface area contributed by atoms with Gasteiger partial charge in [-0.05, 0) is 23.6 Å². The minimum atomic E-state index is 0.0472. The Hall–Kier alpha value is -3.19. The molecule has 0 aliphatic heterocycles. The first-order valence-electron chi connectivity index (χ1n) is 9.80. The molecule has 0 saturated carbocycles. The van der Waals surface area contributed by atoms with Gasteiger partial charge in [0.05, 0.1) is 18.4 Å². The van der Waals surface area contributed by atoms with E-state index in [1.54, 1.807) is 29.6 Å². The number of carbonyl (C=O) groups is 1. The molecule has 1 atom stereocenters. The molecule has 0 saturated heterocycles. The Bertz CT molecular complexity index is 1220. The molecule has 2 aromatic carbocycles. The van der Waals surface area contributed by atoms with Gasteiger partial charge in [-0.25, -0.2) is 9.50 Å². The van der Waals surface area contributed by atoms with Crippen LogP contribution in [-0.4, -0.2) is 32.5 Å². The van der Waals surface area contributed by atoms with Gasteiger partial charge in [-0.2, -0.15) is 4.98 Å². The van der Waals surface area contributed by atoms with E-state index in [0.29, 0.717) is 29.3 Å². The lowest BCUT2D eigenvalue weighted by Crippen LogP contribution is -2.21. The quantitative estimate of drug-likeness (QED) is 0.451. The molecule has 7 heteroatoms. The van der Waals surface area contributed by atoms with Crippen LogP contribution in [0.2, 0.25) is 0 Å². The second kappa shape index (κ2) is 7.91. The third-order valence-corrected chi connectivity index (χ3v) is 6.26. The second-order valence-electron chi connectivity index (χ2n) is 7.28. The van der Waals surface area contributed by atoms with Crippen LogP contribution in [-0.2, 0) is 12.2 Å². The summed E-state index contributed by atoms with van der Waals surface area (Å²) in [7, 11) is 1.66.